The van der Waals surface area contributed by atoms with Crippen molar-refractivity contribution in [3.8, 4) is 0 Å². The summed E-state index contributed by atoms with van der Waals surface area (Å²) in [6.07, 6.45) is 2.58. The lowest BCUT2D eigenvalue weighted by Crippen LogP contribution is -2.41. The number of hydrogen-bond donors (Lipinski definition) is 1. The summed E-state index contributed by atoms with van der Waals surface area (Å²) < 4.78 is 1.27. The highest BCUT2D eigenvalue weighted by Crippen LogP contribution is 2.25. The van der Waals surface area contributed by atoms with Crippen LogP contribution >= 0.6 is 27.3 Å². The maximum atomic E-state index is 3.60. The summed E-state index contributed by atoms with van der Waals surface area (Å²) in [6, 6.07) is 2.89. The molecule has 0 amide bonds. The maximum Gasteiger partial charge on any atom is 0.0339 e. The highest BCUT2D eigenvalue weighted by Gasteiger charge is 2.18. The van der Waals surface area contributed by atoms with E-state index >= 15 is 0 Å². The van der Waals surface area contributed by atoms with Crippen LogP contribution in [0.4, 0.5) is 0 Å². The van der Waals surface area contributed by atoms with Crippen molar-refractivity contribution < 1.29 is 0 Å². The first-order chi connectivity index (χ1) is 7.79. The summed E-state index contributed by atoms with van der Waals surface area (Å²) in [5.74, 6) is 0. The van der Waals surface area contributed by atoms with Crippen LogP contribution in [-0.4, -0.2) is 30.6 Å². The van der Waals surface area contributed by atoms with Gasteiger partial charge in [0.2, 0.25) is 0 Å². The van der Waals surface area contributed by atoms with Gasteiger partial charge in [-0.05, 0) is 59.9 Å². The minimum Gasteiger partial charge on any atom is -0.314 e. The van der Waals surface area contributed by atoms with Gasteiger partial charge in [0.05, 0.1) is 0 Å². The number of nitrogens with zero attached hydrogens (tertiary/aromatic N) is 1. The molecule has 1 aromatic rings. The highest BCUT2D eigenvalue weighted by molar-refractivity contribution is 9.10. The molecule has 2 rings (SSSR count). The van der Waals surface area contributed by atoms with Crippen molar-refractivity contribution in [3.05, 3.63) is 20.8 Å². The van der Waals surface area contributed by atoms with E-state index in [1.54, 1.807) is 0 Å². The number of piperidine rings is 1. The molecule has 16 heavy (non-hydrogen) atoms. The van der Waals surface area contributed by atoms with E-state index in [1.165, 1.54) is 35.3 Å². The van der Waals surface area contributed by atoms with Gasteiger partial charge < -0.3 is 5.32 Å². The molecule has 0 saturated carbocycles. The van der Waals surface area contributed by atoms with Crippen LogP contribution in [0.5, 0.6) is 0 Å². The average molecular weight is 303 g/mol. The SMILES string of the molecule is CCNC1CCN(Cc2sccc2Br)CC1. The van der Waals surface area contributed by atoms with Crippen LogP contribution < -0.4 is 5.32 Å². The van der Waals surface area contributed by atoms with Gasteiger partial charge in [0.25, 0.3) is 0 Å². The second-order valence-corrected chi connectivity index (χ2v) is 6.15. The standard InChI is InChI=1S/C12H19BrN2S/c1-2-14-10-3-6-15(7-4-10)9-12-11(13)5-8-16-12/h5,8,10,14H,2-4,6-7,9H2,1H3. The molecule has 1 saturated heterocycles. The summed E-state index contributed by atoms with van der Waals surface area (Å²) >= 11 is 5.45. The Balaban J connectivity index is 1.79. The normalized spacial score (nSPS) is 19.1. The first-order valence-electron chi connectivity index (χ1n) is 5.97. The minimum absolute atomic E-state index is 0.744. The molecule has 0 aliphatic carbocycles. The highest BCUT2D eigenvalue weighted by atomic mass is 79.9. The fourth-order valence-electron chi connectivity index (χ4n) is 2.22. The van der Waals surface area contributed by atoms with E-state index < -0.39 is 0 Å². The van der Waals surface area contributed by atoms with Crippen molar-refractivity contribution in [1.29, 1.82) is 0 Å². The Kier molecular flexibility index (Phi) is 4.82. The van der Waals surface area contributed by atoms with E-state index in [0.29, 0.717) is 0 Å². The predicted molar refractivity (Wildman–Crippen MR) is 74.0 cm³/mol. The van der Waals surface area contributed by atoms with Crippen LogP contribution in [0.3, 0.4) is 0 Å². The molecule has 1 aliphatic heterocycles. The third-order valence-corrected chi connectivity index (χ3v) is 5.05. The fourth-order valence-corrected chi connectivity index (χ4v) is 3.74. The van der Waals surface area contributed by atoms with Crippen LogP contribution in [0.1, 0.15) is 24.6 Å². The first kappa shape index (κ1) is 12.6. The molecule has 1 N–H and O–H groups in total. The zero-order chi connectivity index (χ0) is 11.4. The second kappa shape index (κ2) is 6.15. The Labute approximate surface area is 110 Å². The summed E-state index contributed by atoms with van der Waals surface area (Å²) in [7, 11) is 0. The number of thiophene rings is 1. The number of likely N-dealkylation sites (tertiary alicyclic amines) is 1. The van der Waals surface area contributed by atoms with Gasteiger partial charge in [-0.2, -0.15) is 0 Å². The van der Waals surface area contributed by atoms with Gasteiger partial charge in [-0.25, -0.2) is 0 Å². The molecule has 0 spiro atoms. The summed E-state index contributed by atoms with van der Waals surface area (Å²) in [4.78, 5) is 4.02. The lowest BCUT2D eigenvalue weighted by Gasteiger charge is -2.32. The number of halogens is 1. The van der Waals surface area contributed by atoms with Crippen LogP contribution in [0.25, 0.3) is 0 Å². The monoisotopic (exact) mass is 302 g/mol. The van der Waals surface area contributed by atoms with Gasteiger partial charge in [0.15, 0.2) is 0 Å². The topological polar surface area (TPSA) is 15.3 Å². The van der Waals surface area contributed by atoms with Gasteiger partial charge in [0, 0.05) is 21.9 Å². The molecule has 4 heteroatoms. The van der Waals surface area contributed by atoms with Crippen molar-refractivity contribution in [2.24, 2.45) is 0 Å². The van der Waals surface area contributed by atoms with Gasteiger partial charge in [0.1, 0.15) is 0 Å². The fraction of sp³-hybridized carbons (Fsp3) is 0.667. The summed E-state index contributed by atoms with van der Waals surface area (Å²) in [5, 5.41) is 5.70. The van der Waals surface area contributed by atoms with Gasteiger partial charge >= 0.3 is 0 Å². The minimum atomic E-state index is 0.744. The van der Waals surface area contributed by atoms with Crippen LogP contribution in [-0.2, 0) is 6.54 Å². The van der Waals surface area contributed by atoms with E-state index in [0.717, 1.165) is 19.1 Å². The van der Waals surface area contributed by atoms with E-state index in [-0.39, 0.29) is 0 Å². The molecule has 1 fully saturated rings. The molecule has 0 radical (unpaired) electrons. The van der Waals surface area contributed by atoms with Gasteiger partial charge in [-0.15, -0.1) is 11.3 Å². The van der Waals surface area contributed by atoms with Crippen LogP contribution in [0, 0.1) is 0 Å². The number of nitrogens with one attached hydrogen (secondary N) is 1. The molecule has 90 valence electrons. The second-order valence-electron chi connectivity index (χ2n) is 4.30. The molecule has 1 aliphatic rings. The van der Waals surface area contributed by atoms with Gasteiger partial charge in [-0.1, -0.05) is 6.92 Å². The zero-order valence-electron chi connectivity index (χ0n) is 9.71. The Morgan fingerprint density at radius 2 is 2.25 bits per heavy atom. The third kappa shape index (κ3) is 3.29. The van der Waals surface area contributed by atoms with Crippen molar-refractivity contribution >= 4 is 27.3 Å². The number of hydrogen-bond acceptors (Lipinski definition) is 3. The quantitative estimate of drug-likeness (QED) is 0.919. The van der Waals surface area contributed by atoms with Crippen LogP contribution in [0.15, 0.2) is 15.9 Å². The van der Waals surface area contributed by atoms with E-state index in [9.17, 15) is 0 Å². The summed E-state index contributed by atoms with van der Waals surface area (Å²) in [6.45, 7) is 6.84. The largest absolute Gasteiger partial charge is 0.314 e. The molecule has 0 atom stereocenters. The predicted octanol–water partition coefficient (Wildman–Crippen LogP) is 3.08. The zero-order valence-corrected chi connectivity index (χ0v) is 12.1. The molecule has 2 nitrogen and oxygen atoms in total. The average Bonchev–Trinajstić information content (AvgIpc) is 2.68. The number of rotatable bonds is 4. The van der Waals surface area contributed by atoms with Gasteiger partial charge in [-0.3, -0.25) is 4.90 Å². The Hall–Kier alpha value is 0.100. The Bertz CT molecular complexity index is 319. The maximum absolute atomic E-state index is 3.60. The first-order valence-corrected chi connectivity index (χ1v) is 7.64. The van der Waals surface area contributed by atoms with E-state index in [4.69, 9.17) is 0 Å². The Morgan fingerprint density at radius 1 is 1.50 bits per heavy atom. The van der Waals surface area contributed by atoms with Crippen molar-refractivity contribution in [2.75, 3.05) is 19.6 Å². The van der Waals surface area contributed by atoms with Crippen molar-refractivity contribution in [3.63, 3.8) is 0 Å². The molecule has 0 aromatic carbocycles. The van der Waals surface area contributed by atoms with Crippen molar-refractivity contribution in [1.82, 2.24) is 10.2 Å². The third-order valence-electron chi connectivity index (χ3n) is 3.14. The lowest BCUT2D eigenvalue weighted by molar-refractivity contribution is 0.193. The van der Waals surface area contributed by atoms with Crippen molar-refractivity contribution in [2.45, 2.75) is 32.4 Å². The van der Waals surface area contributed by atoms with E-state index in [2.05, 4.69) is 44.5 Å². The van der Waals surface area contributed by atoms with Crippen LogP contribution in [0.2, 0.25) is 0 Å². The smallest absolute Gasteiger partial charge is 0.0339 e. The molecular weight excluding hydrogens is 284 g/mol. The Morgan fingerprint density at radius 3 is 2.81 bits per heavy atom. The molecule has 2 heterocycles. The lowest BCUT2D eigenvalue weighted by atomic mass is 10.1. The van der Waals surface area contributed by atoms with E-state index in [1.807, 2.05) is 11.3 Å². The molecule has 0 unspecified atom stereocenters. The molecular formula is C12H19BrN2S. The summed E-state index contributed by atoms with van der Waals surface area (Å²) in [5.41, 5.74) is 0. The molecule has 1 aromatic heterocycles. The molecule has 0 bridgehead atoms.